The second-order valence-electron chi connectivity index (χ2n) is 6.80. The van der Waals surface area contributed by atoms with Crippen molar-refractivity contribution >= 4 is 28.2 Å². The molecule has 0 bridgehead atoms. The first-order valence-corrected chi connectivity index (χ1v) is 10.3. The Labute approximate surface area is 172 Å². The minimum Gasteiger partial charge on any atom is -0.368 e. The zero-order valence-corrected chi connectivity index (χ0v) is 17.1. The highest BCUT2D eigenvalue weighted by atomic mass is 32.1. The Morgan fingerprint density at radius 3 is 2.97 bits per heavy atom. The number of thiazole rings is 1. The number of amides is 1. The lowest BCUT2D eigenvalue weighted by atomic mass is 10.1. The highest BCUT2D eigenvalue weighted by Gasteiger charge is 2.26. The summed E-state index contributed by atoms with van der Waals surface area (Å²) >= 11 is 1.53. The molecule has 1 atom stereocenters. The van der Waals surface area contributed by atoms with Crippen molar-refractivity contribution in [2.75, 3.05) is 25.0 Å². The lowest BCUT2D eigenvalue weighted by Crippen LogP contribution is -2.42. The van der Waals surface area contributed by atoms with Crippen LogP contribution in [0.3, 0.4) is 0 Å². The van der Waals surface area contributed by atoms with Gasteiger partial charge in [0.15, 0.2) is 11.0 Å². The van der Waals surface area contributed by atoms with Gasteiger partial charge in [0.2, 0.25) is 11.8 Å². The van der Waals surface area contributed by atoms with E-state index in [0.29, 0.717) is 50.1 Å². The highest BCUT2D eigenvalue weighted by Crippen LogP contribution is 2.24. The van der Waals surface area contributed by atoms with Gasteiger partial charge in [0.05, 0.1) is 24.5 Å². The van der Waals surface area contributed by atoms with E-state index in [9.17, 15) is 4.79 Å². The van der Waals surface area contributed by atoms with E-state index in [1.165, 1.54) is 11.3 Å². The van der Waals surface area contributed by atoms with Gasteiger partial charge in [-0.15, -0.1) is 11.3 Å². The van der Waals surface area contributed by atoms with Gasteiger partial charge in [-0.05, 0) is 26.0 Å². The van der Waals surface area contributed by atoms with E-state index in [1.807, 2.05) is 35.4 Å². The van der Waals surface area contributed by atoms with E-state index >= 15 is 0 Å². The number of pyridine rings is 1. The standard InChI is InChI=1S/C19H22N6O3S/c1-12-11-29-19(20-12)23-16-5-3-4-14(22-16)15-10-25(8-9-27-15)18(26)7-6-17-21-13(2)24-28-17/h3-5,11,15H,6-10H2,1-2H3,(H,20,22,23)/t15-/m0/s1. The average molecular weight is 414 g/mol. The maximum atomic E-state index is 12.6. The summed E-state index contributed by atoms with van der Waals surface area (Å²) in [6.07, 6.45) is 0.498. The Kier molecular flexibility index (Phi) is 5.81. The van der Waals surface area contributed by atoms with Crippen LogP contribution in [0.15, 0.2) is 28.1 Å². The van der Waals surface area contributed by atoms with Crippen LogP contribution in [-0.2, 0) is 16.0 Å². The molecule has 3 aromatic heterocycles. The molecule has 152 valence electrons. The third-order valence-corrected chi connectivity index (χ3v) is 5.37. The summed E-state index contributed by atoms with van der Waals surface area (Å²) in [5, 5.41) is 9.74. The molecule has 1 saturated heterocycles. The normalized spacial score (nSPS) is 16.8. The van der Waals surface area contributed by atoms with Crippen LogP contribution in [0.25, 0.3) is 0 Å². The molecule has 9 nitrogen and oxygen atoms in total. The predicted molar refractivity (Wildman–Crippen MR) is 107 cm³/mol. The van der Waals surface area contributed by atoms with Gasteiger partial charge in [0.1, 0.15) is 11.9 Å². The average Bonchev–Trinajstić information content (AvgIpc) is 3.34. The van der Waals surface area contributed by atoms with E-state index in [-0.39, 0.29) is 12.0 Å². The molecule has 0 radical (unpaired) electrons. The summed E-state index contributed by atoms with van der Waals surface area (Å²) in [6.45, 7) is 5.21. The van der Waals surface area contributed by atoms with Gasteiger partial charge in [0, 0.05) is 24.8 Å². The lowest BCUT2D eigenvalue weighted by molar-refractivity contribution is -0.139. The number of ether oxygens (including phenoxy) is 1. The number of carbonyl (C=O) groups is 1. The van der Waals surface area contributed by atoms with E-state index in [1.54, 1.807) is 6.92 Å². The van der Waals surface area contributed by atoms with Crippen molar-refractivity contribution in [3.8, 4) is 0 Å². The zero-order valence-electron chi connectivity index (χ0n) is 16.3. The number of anilines is 2. The molecule has 1 N–H and O–H groups in total. The van der Waals surface area contributed by atoms with Crippen LogP contribution in [0.5, 0.6) is 0 Å². The van der Waals surface area contributed by atoms with Crippen LogP contribution >= 0.6 is 11.3 Å². The number of aromatic nitrogens is 4. The van der Waals surface area contributed by atoms with Crippen LogP contribution in [0.4, 0.5) is 10.9 Å². The fraction of sp³-hybridized carbons (Fsp3) is 0.421. The first-order valence-electron chi connectivity index (χ1n) is 9.41. The molecule has 4 rings (SSSR count). The molecule has 1 aliphatic heterocycles. The Morgan fingerprint density at radius 1 is 1.31 bits per heavy atom. The highest BCUT2D eigenvalue weighted by molar-refractivity contribution is 7.13. The van der Waals surface area contributed by atoms with Crippen molar-refractivity contribution in [2.45, 2.75) is 32.8 Å². The summed E-state index contributed by atoms with van der Waals surface area (Å²) in [5.41, 5.74) is 1.75. The maximum Gasteiger partial charge on any atom is 0.227 e. The second kappa shape index (κ2) is 8.66. The molecule has 0 aliphatic carbocycles. The van der Waals surface area contributed by atoms with Gasteiger partial charge in [-0.25, -0.2) is 9.97 Å². The molecule has 0 spiro atoms. The number of carbonyl (C=O) groups excluding carboxylic acids is 1. The SMILES string of the molecule is Cc1csc(Nc2cccc([C@@H]3CN(C(=O)CCc4nc(C)no4)CCO3)n2)n1. The number of hydrogen-bond donors (Lipinski definition) is 1. The molecule has 1 amide bonds. The van der Waals surface area contributed by atoms with Crippen LogP contribution in [0.1, 0.15) is 35.6 Å². The number of hydrogen-bond acceptors (Lipinski definition) is 9. The summed E-state index contributed by atoms with van der Waals surface area (Å²) < 4.78 is 11.0. The molecule has 3 aromatic rings. The molecule has 1 fully saturated rings. The van der Waals surface area contributed by atoms with Crippen molar-refractivity contribution in [1.29, 1.82) is 0 Å². The fourth-order valence-electron chi connectivity index (χ4n) is 3.09. The first kappa shape index (κ1) is 19.5. The van der Waals surface area contributed by atoms with E-state index < -0.39 is 0 Å². The summed E-state index contributed by atoms with van der Waals surface area (Å²) in [4.78, 5) is 27.6. The van der Waals surface area contributed by atoms with Crippen molar-refractivity contribution in [3.63, 3.8) is 0 Å². The molecule has 29 heavy (non-hydrogen) atoms. The van der Waals surface area contributed by atoms with E-state index in [2.05, 4.69) is 25.4 Å². The van der Waals surface area contributed by atoms with Gasteiger partial charge in [-0.3, -0.25) is 4.79 Å². The largest absolute Gasteiger partial charge is 0.368 e. The van der Waals surface area contributed by atoms with Crippen LogP contribution in [-0.4, -0.2) is 50.6 Å². The van der Waals surface area contributed by atoms with E-state index in [0.717, 1.165) is 16.5 Å². The maximum absolute atomic E-state index is 12.6. The number of nitrogens with zero attached hydrogens (tertiary/aromatic N) is 5. The molecule has 1 aliphatic rings. The Hall–Kier alpha value is -2.85. The lowest BCUT2D eigenvalue weighted by Gasteiger charge is -2.32. The van der Waals surface area contributed by atoms with Crippen LogP contribution in [0, 0.1) is 13.8 Å². The molecule has 0 unspecified atom stereocenters. The predicted octanol–water partition coefficient (Wildman–Crippen LogP) is 2.81. The first-order chi connectivity index (χ1) is 14.1. The van der Waals surface area contributed by atoms with Crippen molar-refractivity contribution in [3.05, 3.63) is 46.7 Å². The van der Waals surface area contributed by atoms with Crippen molar-refractivity contribution in [1.82, 2.24) is 25.0 Å². The monoisotopic (exact) mass is 414 g/mol. The molecule has 4 heterocycles. The minimum atomic E-state index is -0.266. The Bertz CT molecular complexity index is 988. The Morgan fingerprint density at radius 2 is 2.21 bits per heavy atom. The van der Waals surface area contributed by atoms with Crippen molar-refractivity contribution in [2.24, 2.45) is 0 Å². The quantitative estimate of drug-likeness (QED) is 0.656. The van der Waals surface area contributed by atoms with Gasteiger partial charge in [-0.2, -0.15) is 4.98 Å². The number of aryl methyl sites for hydroxylation is 3. The molecular formula is C19H22N6O3S. The van der Waals surface area contributed by atoms with Crippen molar-refractivity contribution < 1.29 is 14.1 Å². The smallest absolute Gasteiger partial charge is 0.227 e. The molecule has 0 saturated carbocycles. The number of nitrogens with one attached hydrogen (secondary N) is 1. The third-order valence-electron chi connectivity index (χ3n) is 4.50. The summed E-state index contributed by atoms with van der Waals surface area (Å²) in [6, 6.07) is 5.73. The molecule has 10 heteroatoms. The molecule has 0 aromatic carbocycles. The van der Waals surface area contributed by atoms with Gasteiger partial charge < -0.3 is 19.5 Å². The van der Waals surface area contributed by atoms with E-state index in [4.69, 9.17) is 9.26 Å². The van der Waals surface area contributed by atoms with Crippen LogP contribution < -0.4 is 5.32 Å². The van der Waals surface area contributed by atoms with Gasteiger partial charge in [0.25, 0.3) is 0 Å². The topological polar surface area (TPSA) is 106 Å². The van der Waals surface area contributed by atoms with Gasteiger partial charge >= 0.3 is 0 Å². The van der Waals surface area contributed by atoms with Gasteiger partial charge in [-0.1, -0.05) is 11.2 Å². The van der Waals surface area contributed by atoms with Crippen LogP contribution in [0.2, 0.25) is 0 Å². The summed E-state index contributed by atoms with van der Waals surface area (Å²) in [7, 11) is 0. The fourth-order valence-corrected chi connectivity index (χ4v) is 3.78. The zero-order chi connectivity index (χ0) is 20.2. The number of morpholine rings is 1. The Balaban J connectivity index is 1.37. The second-order valence-corrected chi connectivity index (χ2v) is 7.66. The minimum absolute atomic E-state index is 0.0432. The third kappa shape index (κ3) is 4.96. The number of rotatable bonds is 6. The summed E-state index contributed by atoms with van der Waals surface area (Å²) in [5.74, 6) is 1.81. The molecular weight excluding hydrogens is 392 g/mol.